The van der Waals surface area contributed by atoms with E-state index in [2.05, 4.69) is 5.32 Å². The van der Waals surface area contributed by atoms with Gasteiger partial charge < -0.3 is 14.8 Å². The highest BCUT2D eigenvalue weighted by Gasteiger charge is 2.46. The monoisotopic (exact) mass is 229 g/mol. The number of carbonyl (C=O) groups is 2. The molecule has 1 amide bonds. The lowest BCUT2D eigenvalue weighted by Gasteiger charge is -2.21. The average Bonchev–Trinajstić information content (AvgIpc) is 2.78. The van der Waals surface area contributed by atoms with Crippen molar-refractivity contribution in [2.75, 3.05) is 6.54 Å². The Hall–Kier alpha value is -1.26. The molecule has 0 radical (unpaired) electrons. The van der Waals surface area contributed by atoms with E-state index < -0.39 is 17.3 Å². The highest BCUT2D eigenvalue weighted by Crippen LogP contribution is 2.38. The first-order chi connectivity index (χ1) is 7.22. The van der Waals surface area contributed by atoms with Gasteiger partial charge >= 0.3 is 12.1 Å². The van der Waals surface area contributed by atoms with Crippen LogP contribution < -0.4 is 5.32 Å². The summed E-state index contributed by atoms with van der Waals surface area (Å²) in [5.74, 6) is -0.316. The van der Waals surface area contributed by atoms with Gasteiger partial charge in [0.15, 0.2) is 0 Å². The van der Waals surface area contributed by atoms with Crippen molar-refractivity contribution in [3.8, 4) is 0 Å². The summed E-state index contributed by atoms with van der Waals surface area (Å²) in [5.41, 5.74) is -0.995. The lowest BCUT2D eigenvalue weighted by molar-refractivity contribution is -0.148. The molecule has 0 unspecified atom stereocenters. The molecule has 1 aliphatic carbocycles. The highest BCUT2D eigenvalue weighted by atomic mass is 16.6. The molecule has 16 heavy (non-hydrogen) atoms. The van der Waals surface area contributed by atoms with Crippen LogP contribution in [0.25, 0.3) is 0 Å². The first-order valence-electron chi connectivity index (χ1n) is 5.39. The average molecular weight is 229 g/mol. The van der Waals surface area contributed by atoms with Crippen LogP contribution in [0.2, 0.25) is 0 Å². The van der Waals surface area contributed by atoms with Gasteiger partial charge in [-0.05, 0) is 33.6 Å². The fourth-order valence-electron chi connectivity index (χ4n) is 1.31. The molecule has 0 saturated heterocycles. The molecule has 0 aliphatic heterocycles. The van der Waals surface area contributed by atoms with Crippen molar-refractivity contribution in [1.29, 1.82) is 0 Å². The van der Waals surface area contributed by atoms with Crippen LogP contribution >= 0.6 is 0 Å². The molecule has 0 atom stereocenters. The number of hydrogen-bond acceptors (Lipinski definition) is 4. The Morgan fingerprint density at radius 2 is 1.88 bits per heavy atom. The number of amides is 1. The number of hydrogen-bond donors (Lipinski definition) is 1. The molecule has 0 aromatic carbocycles. The van der Waals surface area contributed by atoms with E-state index in [4.69, 9.17) is 9.47 Å². The third-order valence-corrected chi connectivity index (χ3v) is 2.12. The summed E-state index contributed by atoms with van der Waals surface area (Å²) in [6.45, 7) is 7.08. The summed E-state index contributed by atoms with van der Waals surface area (Å²) in [6, 6.07) is 0. The Balaban J connectivity index is 2.29. The zero-order chi connectivity index (χ0) is 12.4. The van der Waals surface area contributed by atoms with E-state index in [9.17, 15) is 9.59 Å². The second-order valence-electron chi connectivity index (χ2n) is 5.13. The number of nitrogens with one attached hydrogen (secondary N) is 1. The van der Waals surface area contributed by atoms with E-state index in [0.29, 0.717) is 6.54 Å². The topological polar surface area (TPSA) is 64.6 Å². The van der Waals surface area contributed by atoms with Gasteiger partial charge in [-0.1, -0.05) is 0 Å². The third kappa shape index (κ3) is 4.51. The maximum Gasteiger partial charge on any atom is 0.407 e. The molecule has 0 aromatic heterocycles. The summed E-state index contributed by atoms with van der Waals surface area (Å²) >= 11 is 0. The fourth-order valence-corrected chi connectivity index (χ4v) is 1.31. The minimum absolute atomic E-state index is 0.316. The van der Waals surface area contributed by atoms with Crippen LogP contribution in [0.1, 0.15) is 40.5 Å². The third-order valence-electron chi connectivity index (χ3n) is 2.12. The predicted octanol–water partition coefficient (Wildman–Crippen LogP) is 1.61. The molecule has 0 aromatic rings. The van der Waals surface area contributed by atoms with Gasteiger partial charge in [-0.3, -0.25) is 4.79 Å². The van der Waals surface area contributed by atoms with Gasteiger partial charge in [0.05, 0.1) is 6.54 Å². The molecular formula is C11H19NO4. The van der Waals surface area contributed by atoms with Crippen molar-refractivity contribution < 1.29 is 19.1 Å². The zero-order valence-corrected chi connectivity index (χ0v) is 10.3. The van der Waals surface area contributed by atoms with Gasteiger partial charge in [-0.2, -0.15) is 0 Å². The van der Waals surface area contributed by atoms with E-state index in [1.54, 1.807) is 20.8 Å². The van der Waals surface area contributed by atoms with Gasteiger partial charge in [0.25, 0.3) is 0 Å². The molecule has 1 aliphatic rings. The number of alkyl carbamates (subject to hydrolysis) is 1. The summed E-state index contributed by atoms with van der Waals surface area (Å²) in [7, 11) is 0. The second kappa shape index (κ2) is 4.31. The second-order valence-corrected chi connectivity index (χ2v) is 5.13. The Bertz CT molecular complexity index is 289. The number of rotatable bonds is 3. The van der Waals surface area contributed by atoms with Gasteiger partial charge in [0, 0.05) is 6.92 Å². The molecule has 5 nitrogen and oxygen atoms in total. The molecule has 5 heteroatoms. The first kappa shape index (κ1) is 12.8. The van der Waals surface area contributed by atoms with Crippen molar-refractivity contribution in [2.24, 2.45) is 0 Å². The molecular weight excluding hydrogens is 210 g/mol. The fraction of sp³-hybridized carbons (Fsp3) is 0.818. The minimum Gasteiger partial charge on any atom is -0.457 e. The van der Waals surface area contributed by atoms with Crippen LogP contribution in [0.15, 0.2) is 0 Å². The Morgan fingerprint density at radius 3 is 2.25 bits per heavy atom. The minimum atomic E-state index is -0.512. The summed E-state index contributed by atoms with van der Waals surface area (Å²) in [6.07, 6.45) is 1.11. The molecule has 1 saturated carbocycles. The maximum atomic E-state index is 11.3. The van der Waals surface area contributed by atoms with Crippen LogP contribution in [0.4, 0.5) is 4.79 Å². The quantitative estimate of drug-likeness (QED) is 0.747. The number of ether oxygens (including phenoxy) is 2. The summed E-state index contributed by atoms with van der Waals surface area (Å²) in [4.78, 5) is 22.2. The van der Waals surface area contributed by atoms with E-state index in [1.165, 1.54) is 6.92 Å². The van der Waals surface area contributed by atoms with Gasteiger partial charge in [-0.15, -0.1) is 0 Å². The summed E-state index contributed by atoms with van der Waals surface area (Å²) in [5, 5.41) is 2.61. The lowest BCUT2D eigenvalue weighted by atomic mass is 10.2. The van der Waals surface area contributed by atoms with Crippen LogP contribution in [0.5, 0.6) is 0 Å². The van der Waals surface area contributed by atoms with Crippen molar-refractivity contribution in [1.82, 2.24) is 5.32 Å². The number of esters is 1. The molecule has 0 spiro atoms. The molecule has 1 rings (SSSR count). The lowest BCUT2D eigenvalue weighted by Crippen LogP contribution is -2.39. The SMILES string of the molecule is CC(=O)OC1(CNC(=O)OC(C)(C)C)CC1. The largest absolute Gasteiger partial charge is 0.457 e. The standard InChI is InChI=1S/C11H19NO4/c1-8(13)15-11(5-6-11)7-12-9(14)16-10(2,3)4/h5-7H2,1-4H3,(H,12,14). The van der Waals surface area contributed by atoms with Crippen molar-refractivity contribution >= 4 is 12.1 Å². The molecule has 1 fully saturated rings. The van der Waals surface area contributed by atoms with Gasteiger partial charge in [0.2, 0.25) is 0 Å². The van der Waals surface area contributed by atoms with Crippen molar-refractivity contribution in [3.05, 3.63) is 0 Å². The van der Waals surface area contributed by atoms with Crippen LogP contribution in [0.3, 0.4) is 0 Å². The Labute approximate surface area is 95.5 Å². The maximum absolute atomic E-state index is 11.3. The molecule has 1 N–H and O–H groups in total. The summed E-state index contributed by atoms with van der Waals surface area (Å²) < 4.78 is 10.2. The van der Waals surface area contributed by atoms with Crippen molar-refractivity contribution in [2.45, 2.75) is 51.7 Å². The van der Waals surface area contributed by atoms with E-state index in [-0.39, 0.29) is 5.97 Å². The van der Waals surface area contributed by atoms with Gasteiger partial charge in [0.1, 0.15) is 11.2 Å². The predicted molar refractivity (Wildman–Crippen MR) is 58.0 cm³/mol. The Morgan fingerprint density at radius 1 is 1.31 bits per heavy atom. The van der Waals surface area contributed by atoms with Crippen LogP contribution in [-0.4, -0.2) is 29.8 Å². The van der Waals surface area contributed by atoms with Crippen LogP contribution in [-0.2, 0) is 14.3 Å². The smallest absolute Gasteiger partial charge is 0.407 e. The highest BCUT2D eigenvalue weighted by molar-refractivity contribution is 5.69. The first-order valence-corrected chi connectivity index (χ1v) is 5.39. The van der Waals surface area contributed by atoms with E-state index >= 15 is 0 Å². The Kier molecular flexibility index (Phi) is 3.45. The molecule has 0 heterocycles. The van der Waals surface area contributed by atoms with Crippen LogP contribution in [0, 0.1) is 0 Å². The molecule has 92 valence electrons. The van der Waals surface area contributed by atoms with E-state index in [0.717, 1.165) is 12.8 Å². The van der Waals surface area contributed by atoms with Gasteiger partial charge in [-0.25, -0.2) is 4.79 Å². The normalized spacial score (nSPS) is 17.5. The molecule has 0 bridgehead atoms. The zero-order valence-electron chi connectivity index (χ0n) is 10.3. The van der Waals surface area contributed by atoms with E-state index in [1.807, 2.05) is 0 Å². The number of carbonyl (C=O) groups excluding carboxylic acids is 2. The van der Waals surface area contributed by atoms with Crippen molar-refractivity contribution in [3.63, 3.8) is 0 Å².